The van der Waals surface area contributed by atoms with Crippen LogP contribution in [0.15, 0.2) is 30.8 Å². The third kappa shape index (κ3) is 4.24. The summed E-state index contributed by atoms with van der Waals surface area (Å²) < 4.78 is 0. The topological polar surface area (TPSA) is 35.0 Å². The zero-order chi connectivity index (χ0) is 9.90. The fourth-order valence-electron chi connectivity index (χ4n) is 1.38. The Morgan fingerprint density at radius 2 is 1.64 bits per heavy atom. The van der Waals surface area contributed by atoms with Gasteiger partial charge < -0.3 is 6.15 Å². The van der Waals surface area contributed by atoms with Gasteiger partial charge in [-0.2, -0.15) is 0 Å². The molecule has 1 aromatic carbocycles. The standard InChI is InChI=1S/C13H18.H3N/c1-5-11-6-8-12(9-7-11)10-13(2,3)4;/h5-9H,1,10H2,2-4H3;1H3. The van der Waals surface area contributed by atoms with E-state index in [4.69, 9.17) is 0 Å². The molecule has 14 heavy (non-hydrogen) atoms. The molecule has 1 rings (SSSR count). The molecule has 78 valence electrons. The molecule has 0 atom stereocenters. The predicted octanol–water partition coefficient (Wildman–Crippen LogP) is 4.08. The predicted molar refractivity (Wildman–Crippen MR) is 64.7 cm³/mol. The minimum absolute atomic E-state index is 0. The summed E-state index contributed by atoms with van der Waals surface area (Å²) in [5.74, 6) is 0. The minimum atomic E-state index is 0. The first-order chi connectivity index (χ1) is 6.01. The highest BCUT2D eigenvalue weighted by molar-refractivity contribution is 5.47. The van der Waals surface area contributed by atoms with E-state index in [9.17, 15) is 0 Å². The second-order valence-corrected chi connectivity index (χ2v) is 4.68. The maximum atomic E-state index is 3.74. The van der Waals surface area contributed by atoms with E-state index in [2.05, 4.69) is 51.6 Å². The Hall–Kier alpha value is -1.08. The average molecular weight is 191 g/mol. The van der Waals surface area contributed by atoms with Crippen molar-refractivity contribution in [3.8, 4) is 0 Å². The van der Waals surface area contributed by atoms with Gasteiger partial charge in [-0.05, 0) is 23.0 Å². The minimum Gasteiger partial charge on any atom is -0.344 e. The van der Waals surface area contributed by atoms with Gasteiger partial charge in [0, 0.05) is 0 Å². The van der Waals surface area contributed by atoms with E-state index in [1.165, 1.54) is 11.1 Å². The van der Waals surface area contributed by atoms with Gasteiger partial charge in [0.25, 0.3) is 0 Å². The van der Waals surface area contributed by atoms with Crippen LogP contribution in [0, 0.1) is 5.41 Å². The van der Waals surface area contributed by atoms with Gasteiger partial charge in [-0.15, -0.1) is 0 Å². The van der Waals surface area contributed by atoms with Gasteiger partial charge in [-0.3, -0.25) is 0 Å². The van der Waals surface area contributed by atoms with E-state index in [-0.39, 0.29) is 6.15 Å². The largest absolute Gasteiger partial charge is 0.344 e. The van der Waals surface area contributed by atoms with E-state index < -0.39 is 0 Å². The first-order valence-corrected chi connectivity index (χ1v) is 4.73. The normalized spacial score (nSPS) is 10.5. The molecule has 0 aliphatic heterocycles. The second kappa shape index (κ2) is 4.97. The molecule has 0 aliphatic carbocycles. The third-order valence-corrected chi connectivity index (χ3v) is 1.95. The second-order valence-electron chi connectivity index (χ2n) is 4.68. The van der Waals surface area contributed by atoms with Crippen molar-refractivity contribution in [2.24, 2.45) is 5.41 Å². The highest BCUT2D eigenvalue weighted by atomic mass is 14.2. The zero-order valence-electron chi connectivity index (χ0n) is 9.51. The Morgan fingerprint density at radius 3 is 2.00 bits per heavy atom. The summed E-state index contributed by atoms with van der Waals surface area (Å²) in [5.41, 5.74) is 2.96. The maximum absolute atomic E-state index is 3.74. The Kier molecular flexibility index (Phi) is 4.58. The molecule has 0 aliphatic rings. The van der Waals surface area contributed by atoms with Gasteiger partial charge in [0.15, 0.2) is 0 Å². The third-order valence-electron chi connectivity index (χ3n) is 1.95. The molecular weight excluding hydrogens is 170 g/mol. The summed E-state index contributed by atoms with van der Waals surface area (Å²) >= 11 is 0. The molecule has 0 heterocycles. The first kappa shape index (κ1) is 12.9. The molecule has 0 saturated carbocycles. The number of hydrogen-bond donors (Lipinski definition) is 1. The van der Waals surface area contributed by atoms with Crippen molar-refractivity contribution < 1.29 is 0 Å². The molecule has 0 spiro atoms. The van der Waals surface area contributed by atoms with Crippen molar-refractivity contribution in [1.29, 1.82) is 0 Å². The van der Waals surface area contributed by atoms with Crippen LogP contribution in [0.4, 0.5) is 0 Å². The molecule has 0 unspecified atom stereocenters. The first-order valence-electron chi connectivity index (χ1n) is 4.73. The lowest BCUT2D eigenvalue weighted by Crippen LogP contribution is -2.08. The molecule has 0 aromatic heterocycles. The molecule has 1 aromatic rings. The van der Waals surface area contributed by atoms with Crippen molar-refractivity contribution in [1.82, 2.24) is 6.15 Å². The molecule has 0 amide bonds. The van der Waals surface area contributed by atoms with Crippen LogP contribution in [0.5, 0.6) is 0 Å². The van der Waals surface area contributed by atoms with Gasteiger partial charge in [0.2, 0.25) is 0 Å². The highest BCUT2D eigenvalue weighted by Crippen LogP contribution is 2.20. The quantitative estimate of drug-likeness (QED) is 0.751. The van der Waals surface area contributed by atoms with Gasteiger partial charge in [-0.25, -0.2) is 0 Å². The summed E-state index contributed by atoms with van der Waals surface area (Å²) in [4.78, 5) is 0. The van der Waals surface area contributed by atoms with E-state index in [1.807, 2.05) is 6.08 Å². The summed E-state index contributed by atoms with van der Waals surface area (Å²) in [6.45, 7) is 10.5. The molecule has 0 radical (unpaired) electrons. The fourth-order valence-corrected chi connectivity index (χ4v) is 1.38. The van der Waals surface area contributed by atoms with Crippen LogP contribution >= 0.6 is 0 Å². The van der Waals surface area contributed by atoms with E-state index >= 15 is 0 Å². The maximum Gasteiger partial charge on any atom is -0.0230 e. The fraction of sp³-hybridized carbons (Fsp3) is 0.385. The number of hydrogen-bond acceptors (Lipinski definition) is 1. The van der Waals surface area contributed by atoms with Crippen LogP contribution in [0.2, 0.25) is 0 Å². The summed E-state index contributed by atoms with van der Waals surface area (Å²) in [6, 6.07) is 8.60. The zero-order valence-corrected chi connectivity index (χ0v) is 9.51. The van der Waals surface area contributed by atoms with Crippen LogP contribution in [-0.2, 0) is 6.42 Å². The highest BCUT2D eigenvalue weighted by Gasteiger charge is 2.10. The SMILES string of the molecule is C=Cc1ccc(CC(C)(C)C)cc1.N. The van der Waals surface area contributed by atoms with Crippen LogP contribution in [0.3, 0.4) is 0 Å². The molecule has 1 nitrogen and oxygen atoms in total. The van der Waals surface area contributed by atoms with Crippen molar-refractivity contribution >= 4 is 6.08 Å². The van der Waals surface area contributed by atoms with Crippen molar-refractivity contribution in [2.45, 2.75) is 27.2 Å². The van der Waals surface area contributed by atoms with Crippen LogP contribution in [-0.4, -0.2) is 0 Å². The Labute approximate surface area is 87.4 Å². The van der Waals surface area contributed by atoms with E-state index in [0.717, 1.165) is 6.42 Å². The van der Waals surface area contributed by atoms with Crippen LogP contribution in [0.1, 0.15) is 31.9 Å². The van der Waals surface area contributed by atoms with E-state index in [0.29, 0.717) is 5.41 Å². The van der Waals surface area contributed by atoms with Crippen LogP contribution < -0.4 is 6.15 Å². The molecule has 3 N–H and O–H groups in total. The van der Waals surface area contributed by atoms with Gasteiger partial charge in [0.05, 0.1) is 0 Å². The molecule has 0 saturated heterocycles. The lowest BCUT2D eigenvalue weighted by atomic mass is 9.88. The molecule has 0 bridgehead atoms. The lowest BCUT2D eigenvalue weighted by molar-refractivity contribution is 0.411. The van der Waals surface area contributed by atoms with Crippen molar-refractivity contribution in [3.63, 3.8) is 0 Å². The summed E-state index contributed by atoms with van der Waals surface area (Å²) in [6.07, 6.45) is 3.01. The smallest absolute Gasteiger partial charge is 0.0230 e. The summed E-state index contributed by atoms with van der Waals surface area (Å²) in [7, 11) is 0. The average Bonchev–Trinajstić information content (AvgIpc) is 2.03. The lowest BCUT2D eigenvalue weighted by Gasteiger charge is -2.17. The monoisotopic (exact) mass is 191 g/mol. The molecule has 1 heteroatoms. The van der Waals surface area contributed by atoms with Crippen molar-refractivity contribution in [2.75, 3.05) is 0 Å². The Bertz CT molecular complexity index is 277. The van der Waals surface area contributed by atoms with Gasteiger partial charge in [0.1, 0.15) is 0 Å². The Morgan fingerprint density at radius 1 is 1.14 bits per heavy atom. The van der Waals surface area contributed by atoms with Gasteiger partial charge >= 0.3 is 0 Å². The molecule has 0 fully saturated rings. The van der Waals surface area contributed by atoms with Crippen molar-refractivity contribution in [3.05, 3.63) is 42.0 Å². The number of benzene rings is 1. The number of rotatable bonds is 2. The summed E-state index contributed by atoms with van der Waals surface area (Å²) in [5, 5.41) is 0. The van der Waals surface area contributed by atoms with E-state index in [1.54, 1.807) is 0 Å². The molecular formula is C13H21N. The van der Waals surface area contributed by atoms with Crippen LogP contribution in [0.25, 0.3) is 6.08 Å². The Balaban J connectivity index is 0.00000169. The van der Waals surface area contributed by atoms with Gasteiger partial charge in [-0.1, -0.05) is 57.7 Å².